The number of fused-ring (bicyclic) bond motifs is 1. The van der Waals surface area contributed by atoms with Crippen LogP contribution in [0.2, 0.25) is 0 Å². The number of halogens is 1. The second kappa shape index (κ2) is 9.88. The minimum atomic E-state index is -0.352. The standard InChI is InChI=1S/C23H33FN4O2/c24-20-6-3-7-21(14-20)25-22(29)16-26-10-12-27(13-11-26)17-23(30)28-9-8-18-4-1-2-5-19(18)15-28/h3,6-7,14,18-19H,1-2,4-5,8-13,15-17H2,(H,25,29)/p+2/t18-,19-/m1/s1. The van der Waals surface area contributed by atoms with E-state index in [4.69, 9.17) is 0 Å². The van der Waals surface area contributed by atoms with Gasteiger partial charge in [0, 0.05) is 18.8 Å². The van der Waals surface area contributed by atoms with Crippen molar-refractivity contribution in [2.75, 3.05) is 57.7 Å². The molecule has 0 aromatic heterocycles. The molecule has 164 valence electrons. The molecule has 0 bridgehead atoms. The van der Waals surface area contributed by atoms with Crippen LogP contribution in [0.3, 0.4) is 0 Å². The number of amides is 2. The van der Waals surface area contributed by atoms with Crippen LogP contribution in [-0.2, 0) is 9.59 Å². The molecular formula is C23H35FN4O2+2. The average molecular weight is 419 g/mol. The molecule has 0 radical (unpaired) electrons. The molecule has 3 fully saturated rings. The molecule has 2 amide bonds. The predicted octanol–water partition coefficient (Wildman–Crippen LogP) is -0.414. The minimum Gasteiger partial charge on any atom is -0.338 e. The summed E-state index contributed by atoms with van der Waals surface area (Å²) >= 11 is 0. The first-order chi connectivity index (χ1) is 14.6. The summed E-state index contributed by atoms with van der Waals surface area (Å²) in [7, 11) is 0. The van der Waals surface area contributed by atoms with E-state index in [-0.39, 0.29) is 11.7 Å². The molecule has 1 aromatic carbocycles. The summed E-state index contributed by atoms with van der Waals surface area (Å²) in [5, 5.41) is 2.77. The van der Waals surface area contributed by atoms with Gasteiger partial charge in [-0.05, 0) is 42.9 Å². The zero-order valence-electron chi connectivity index (χ0n) is 17.8. The Bertz CT molecular complexity index is 750. The number of hydrogen-bond donors (Lipinski definition) is 3. The van der Waals surface area contributed by atoms with Gasteiger partial charge in [0.25, 0.3) is 11.8 Å². The van der Waals surface area contributed by atoms with Crippen molar-refractivity contribution in [2.45, 2.75) is 32.1 Å². The normalized spacial score (nSPS) is 29.2. The van der Waals surface area contributed by atoms with E-state index in [2.05, 4.69) is 10.2 Å². The van der Waals surface area contributed by atoms with Gasteiger partial charge in [-0.15, -0.1) is 0 Å². The van der Waals surface area contributed by atoms with Gasteiger partial charge in [-0.25, -0.2) is 4.39 Å². The number of rotatable bonds is 5. The summed E-state index contributed by atoms with van der Waals surface area (Å²) in [4.78, 5) is 29.8. The fourth-order valence-corrected chi connectivity index (χ4v) is 5.46. The van der Waals surface area contributed by atoms with Gasteiger partial charge in [-0.1, -0.05) is 25.3 Å². The van der Waals surface area contributed by atoms with Crippen molar-refractivity contribution in [2.24, 2.45) is 11.8 Å². The van der Waals surface area contributed by atoms with Crippen LogP contribution >= 0.6 is 0 Å². The van der Waals surface area contributed by atoms with Crippen LogP contribution in [0.4, 0.5) is 10.1 Å². The molecule has 30 heavy (non-hydrogen) atoms. The summed E-state index contributed by atoms with van der Waals surface area (Å²) in [6.45, 7) is 6.45. The third kappa shape index (κ3) is 5.58. The first-order valence-corrected chi connectivity index (χ1v) is 11.6. The van der Waals surface area contributed by atoms with Gasteiger partial charge < -0.3 is 20.0 Å². The molecule has 2 heterocycles. The third-order valence-electron chi connectivity index (χ3n) is 7.23. The van der Waals surface area contributed by atoms with Gasteiger partial charge in [-0.3, -0.25) is 9.59 Å². The Labute approximate surface area is 178 Å². The van der Waals surface area contributed by atoms with E-state index in [9.17, 15) is 14.0 Å². The zero-order chi connectivity index (χ0) is 20.9. The highest BCUT2D eigenvalue weighted by Crippen LogP contribution is 2.35. The summed E-state index contributed by atoms with van der Waals surface area (Å²) in [6.07, 6.45) is 6.53. The number of piperidine rings is 1. The van der Waals surface area contributed by atoms with Crippen LogP contribution < -0.4 is 15.1 Å². The number of piperazine rings is 1. The molecular weight excluding hydrogens is 383 g/mol. The van der Waals surface area contributed by atoms with Crippen molar-refractivity contribution in [1.29, 1.82) is 0 Å². The quantitative estimate of drug-likeness (QED) is 0.609. The molecule has 3 aliphatic rings. The molecule has 2 atom stereocenters. The number of nitrogens with one attached hydrogen (secondary N) is 3. The van der Waals surface area contributed by atoms with E-state index in [1.54, 1.807) is 12.1 Å². The Kier molecular flexibility index (Phi) is 7.00. The van der Waals surface area contributed by atoms with Crippen LogP contribution in [0, 0.1) is 17.7 Å². The second-order valence-electron chi connectivity index (χ2n) is 9.35. The number of likely N-dealkylation sites (tertiary alicyclic amines) is 1. The Morgan fingerprint density at radius 2 is 1.70 bits per heavy atom. The maximum absolute atomic E-state index is 13.2. The van der Waals surface area contributed by atoms with E-state index in [1.807, 2.05) is 0 Å². The third-order valence-corrected chi connectivity index (χ3v) is 7.23. The Hall–Kier alpha value is -1.99. The monoisotopic (exact) mass is 418 g/mol. The van der Waals surface area contributed by atoms with Crippen LogP contribution in [0.1, 0.15) is 32.1 Å². The molecule has 0 spiro atoms. The number of quaternary nitrogens is 2. The van der Waals surface area contributed by atoms with E-state index < -0.39 is 0 Å². The molecule has 2 aliphatic heterocycles. The van der Waals surface area contributed by atoms with Gasteiger partial charge in [0.2, 0.25) is 0 Å². The van der Waals surface area contributed by atoms with Crippen molar-refractivity contribution in [3.8, 4) is 0 Å². The molecule has 6 nitrogen and oxygen atoms in total. The number of nitrogens with zero attached hydrogens (tertiary/aromatic N) is 1. The molecule has 7 heteroatoms. The maximum atomic E-state index is 13.2. The van der Waals surface area contributed by atoms with E-state index >= 15 is 0 Å². The zero-order valence-corrected chi connectivity index (χ0v) is 17.8. The smallest absolute Gasteiger partial charge is 0.279 e. The largest absolute Gasteiger partial charge is 0.338 e. The maximum Gasteiger partial charge on any atom is 0.279 e. The molecule has 3 N–H and O–H groups in total. The molecule has 4 rings (SSSR count). The van der Waals surface area contributed by atoms with E-state index in [0.717, 1.165) is 51.1 Å². The first-order valence-electron chi connectivity index (χ1n) is 11.6. The number of anilines is 1. The minimum absolute atomic E-state index is 0.0921. The van der Waals surface area contributed by atoms with Crippen LogP contribution in [-0.4, -0.2) is 69.1 Å². The second-order valence-corrected chi connectivity index (χ2v) is 9.35. The Balaban J connectivity index is 1.17. The van der Waals surface area contributed by atoms with Crippen molar-refractivity contribution >= 4 is 17.5 Å². The number of benzene rings is 1. The lowest BCUT2D eigenvalue weighted by Crippen LogP contribution is -3.28. The topological polar surface area (TPSA) is 58.3 Å². The summed E-state index contributed by atoms with van der Waals surface area (Å²) < 4.78 is 13.2. The van der Waals surface area contributed by atoms with Crippen molar-refractivity contribution in [3.05, 3.63) is 30.1 Å². The van der Waals surface area contributed by atoms with Gasteiger partial charge in [0.1, 0.15) is 32.0 Å². The van der Waals surface area contributed by atoms with Crippen molar-refractivity contribution in [1.82, 2.24) is 4.90 Å². The highest BCUT2D eigenvalue weighted by molar-refractivity contribution is 5.91. The summed E-state index contributed by atoms with van der Waals surface area (Å²) in [5.41, 5.74) is 0.496. The molecule has 1 aromatic rings. The van der Waals surface area contributed by atoms with Crippen LogP contribution in [0.5, 0.6) is 0 Å². The van der Waals surface area contributed by atoms with Crippen molar-refractivity contribution in [3.63, 3.8) is 0 Å². The van der Waals surface area contributed by atoms with Gasteiger partial charge in [-0.2, -0.15) is 0 Å². The highest BCUT2D eigenvalue weighted by atomic mass is 19.1. The fourth-order valence-electron chi connectivity index (χ4n) is 5.46. The average Bonchev–Trinajstić information content (AvgIpc) is 2.74. The number of carbonyl (C=O) groups excluding carboxylic acids is 2. The van der Waals surface area contributed by atoms with Crippen LogP contribution in [0.25, 0.3) is 0 Å². The van der Waals surface area contributed by atoms with E-state index in [0.29, 0.717) is 24.7 Å². The van der Waals surface area contributed by atoms with Crippen LogP contribution in [0.15, 0.2) is 24.3 Å². The van der Waals surface area contributed by atoms with E-state index in [1.165, 1.54) is 54.0 Å². The lowest BCUT2D eigenvalue weighted by atomic mass is 9.75. The number of carbonyl (C=O) groups is 2. The summed E-state index contributed by atoms with van der Waals surface area (Å²) in [6, 6.07) is 5.98. The van der Waals surface area contributed by atoms with Crippen molar-refractivity contribution < 1.29 is 23.8 Å². The Morgan fingerprint density at radius 1 is 1.00 bits per heavy atom. The predicted molar refractivity (Wildman–Crippen MR) is 113 cm³/mol. The van der Waals surface area contributed by atoms with Gasteiger partial charge in [0.15, 0.2) is 13.1 Å². The highest BCUT2D eigenvalue weighted by Gasteiger charge is 2.34. The molecule has 0 unspecified atom stereocenters. The van der Waals surface area contributed by atoms with Gasteiger partial charge >= 0.3 is 0 Å². The molecule has 2 saturated heterocycles. The number of hydrogen-bond acceptors (Lipinski definition) is 2. The lowest BCUT2D eigenvalue weighted by Gasteiger charge is -2.41. The molecule has 1 aliphatic carbocycles. The first kappa shape index (κ1) is 21.2. The Morgan fingerprint density at radius 3 is 2.43 bits per heavy atom. The molecule has 1 saturated carbocycles. The fraction of sp³-hybridized carbons (Fsp3) is 0.652. The van der Waals surface area contributed by atoms with Gasteiger partial charge in [0.05, 0.1) is 0 Å². The SMILES string of the molecule is O=C(C[NH+]1CC[NH+](CC(=O)N2CC[C@H]3CCCC[C@@H]3C2)CC1)Nc1cccc(F)c1. The summed E-state index contributed by atoms with van der Waals surface area (Å²) in [5.74, 6) is 1.44. The lowest BCUT2D eigenvalue weighted by molar-refractivity contribution is -1.00.